The van der Waals surface area contributed by atoms with Crippen LogP contribution < -0.4 is 10.6 Å². The zero-order chi connectivity index (χ0) is 18.8. The lowest BCUT2D eigenvalue weighted by Gasteiger charge is -2.36. The molecule has 2 rings (SSSR count). The van der Waals surface area contributed by atoms with Crippen LogP contribution >= 0.6 is 24.0 Å². The molecule has 1 aromatic heterocycles. The van der Waals surface area contributed by atoms with E-state index in [-0.39, 0.29) is 29.6 Å². The van der Waals surface area contributed by atoms with Gasteiger partial charge in [-0.3, -0.25) is 0 Å². The summed E-state index contributed by atoms with van der Waals surface area (Å²) in [6.45, 7) is 9.84. The fraction of sp³-hybridized carbons (Fsp3) is 0.789. The molecule has 0 radical (unpaired) electrons. The molecule has 0 atom stereocenters. The number of ether oxygens (including phenoxy) is 2. The van der Waals surface area contributed by atoms with Gasteiger partial charge in [0, 0.05) is 58.2 Å². The van der Waals surface area contributed by atoms with Crippen molar-refractivity contribution < 1.29 is 14.0 Å². The zero-order valence-corrected chi connectivity index (χ0v) is 19.4. The van der Waals surface area contributed by atoms with Crippen molar-refractivity contribution in [3.05, 3.63) is 17.5 Å². The maximum Gasteiger partial charge on any atom is 0.191 e. The van der Waals surface area contributed by atoms with E-state index in [4.69, 9.17) is 14.0 Å². The van der Waals surface area contributed by atoms with Gasteiger partial charge in [-0.15, -0.1) is 24.0 Å². The third-order valence-electron chi connectivity index (χ3n) is 5.13. The van der Waals surface area contributed by atoms with Crippen LogP contribution in [0.3, 0.4) is 0 Å². The van der Waals surface area contributed by atoms with Gasteiger partial charge in [0.05, 0.1) is 11.3 Å². The molecule has 0 bridgehead atoms. The molecule has 1 fully saturated rings. The number of guanidine groups is 1. The van der Waals surface area contributed by atoms with Gasteiger partial charge < -0.3 is 24.6 Å². The molecule has 0 unspecified atom stereocenters. The molecule has 2 N–H and O–H groups in total. The van der Waals surface area contributed by atoms with Crippen molar-refractivity contribution in [1.29, 1.82) is 0 Å². The van der Waals surface area contributed by atoms with Crippen molar-refractivity contribution in [2.45, 2.75) is 64.5 Å². The normalized spacial score (nSPS) is 16.9. The van der Waals surface area contributed by atoms with Crippen molar-refractivity contribution in [3.63, 3.8) is 0 Å². The molecule has 1 aliphatic heterocycles. The Hall–Kier alpha value is -0.870. The van der Waals surface area contributed by atoms with Gasteiger partial charge in [-0.25, -0.2) is 4.99 Å². The van der Waals surface area contributed by atoms with Crippen LogP contribution in [0, 0.1) is 0 Å². The second-order valence-electron chi connectivity index (χ2n) is 6.78. The SMILES string of the molecule is CCNC(=NCc1cc(C(CC)CC)no1)NCC1(OC)CCOCC1.I. The van der Waals surface area contributed by atoms with E-state index >= 15 is 0 Å². The predicted octanol–water partition coefficient (Wildman–Crippen LogP) is 3.45. The van der Waals surface area contributed by atoms with E-state index in [9.17, 15) is 0 Å². The number of halogens is 1. The fourth-order valence-corrected chi connectivity index (χ4v) is 3.24. The minimum atomic E-state index is -0.191. The Bertz CT molecular complexity index is 555. The molecule has 1 aromatic rings. The van der Waals surface area contributed by atoms with Crippen molar-refractivity contribution in [1.82, 2.24) is 15.8 Å². The molecular weight excluding hydrogens is 459 g/mol. The quantitative estimate of drug-likeness (QED) is 0.311. The van der Waals surface area contributed by atoms with E-state index in [1.807, 2.05) is 6.07 Å². The van der Waals surface area contributed by atoms with Gasteiger partial charge in [0.1, 0.15) is 6.54 Å². The van der Waals surface area contributed by atoms with Gasteiger partial charge >= 0.3 is 0 Å². The molecule has 27 heavy (non-hydrogen) atoms. The van der Waals surface area contributed by atoms with Crippen LogP contribution in [0.15, 0.2) is 15.6 Å². The minimum absolute atomic E-state index is 0. The van der Waals surface area contributed by atoms with Crippen molar-refractivity contribution in [3.8, 4) is 0 Å². The van der Waals surface area contributed by atoms with Gasteiger partial charge in [0.2, 0.25) is 0 Å². The molecule has 0 aromatic carbocycles. The van der Waals surface area contributed by atoms with Crippen molar-refractivity contribution in [2.24, 2.45) is 4.99 Å². The predicted molar refractivity (Wildman–Crippen MR) is 118 cm³/mol. The fourth-order valence-electron chi connectivity index (χ4n) is 3.24. The van der Waals surface area contributed by atoms with Gasteiger partial charge in [-0.1, -0.05) is 19.0 Å². The van der Waals surface area contributed by atoms with E-state index in [1.165, 1.54) is 0 Å². The Balaban J connectivity index is 0.00000364. The van der Waals surface area contributed by atoms with Crippen molar-refractivity contribution >= 4 is 29.9 Å². The summed E-state index contributed by atoms with van der Waals surface area (Å²) in [5.41, 5.74) is 0.835. The first-order valence-electron chi connectivity index (χ1n) is 9.77. The second kappa shape index (κ2) is 12.6. The lowest BCUT2D eigenvalue weighted by molar-refractivity contribution is -0.0855. The summed E-state index contributed by atoms with van der Waals surface area (Å²) in [5, 5.41) is 10.9. The van der Waals surface area contributed by atoms with E-state index in [1.54, 1.807) is 7.11 Å². The highest BCUT2D eigenvalue weighted by atomic mass is 127. The number of rotatable bonds is 9. The van der Waals surface area contributed by atoms with Gasteiger partial charge in [0.15, 0.2) is 11.7 Å². The molecule has 8 heteroatoms. The molecule has 0 aliphatic carbocycles. The first kappa shape index (κ1) is 24.2. The average Bonchev–Trinajstić information content (AvgIpc) is 3.14. The van der Waals surface area contributed by atoms with Crippen LogP contribution in [0.4, 0.5) is 0 Å². The Morgan fingerprint density at radius 2 is 1.96 bits per heavy atom. The molecule has 1 aliphatic rings. The number of methoxy groups -OCH3 is 1. The molecule has 7 nitrogen and oxygen atoms in total. The number of aromatic nitrogens is 1. The summed E-state index contributed by atoms with van der Waals surface area (Å²) in [4.78, 5) is 4.63. The summed E-state index contributed by atoms with van der Waals surface area (Å²) >= 11 is 0. The Morgan fingerprint density at radius 1 is 1.26 bits per heavy atom. The van der Waals surface area contributed by atoms with E-state index in [2.05, 4.69) is 41.6 Å². The number of nitrogens with zero attached hydrogens (tertiary/aromatic N) is 2. The molecule has 0 spiro atoms. The smallest absolute Gasteiger partial charge is 0.191 e. The Labute approximate surface area is 180 Å². The first-order valence-corrected chi connectivity index (χ1v) is 9.77. The van der Waals surface area contributed by atoms with E-state index in [0.29, 0.717) is 19.0 Å². The number of nitrogens with one attached hydrogen (secondary N) is 2. The molecule has 1 saturated heterocycles. The van der Waals surface area contributed by atoms with Gasteiger partial charge in [-0.05, 0) is 19.8 Å². The summed E-state index contributed by atoms with van der Waals surface area (Å²) in [7, 11) is 1.77. The highest BCUT2D eigenvalue weighted by Gasteiger charge is 2.32. The van der Waals surface area contributed by atoms with E-state index < -0.39 is 0 Å². The van der Waals surface area contributed by atoms with Crippen LogP contribution in [0.1, 0.15) is 63.8 Å². The monoisotopic (exact) mass is 494 g/mol. The summed E-state index contributed by atoms with van der Waals surface area (Å²) in [6, 6.07) is 2.03. The molecule has 0 saturated carbocycles. The van der Waals surface area contributed by atoms with Crippen LogP contribution in [-0.2, 0) is 16.0 Å². The van der Waals surface area contributed by atoms with Crippen LogP contribution in [-0.4, -0.2) is 50.1 Å². The van der Waals surface area contributed by atoms with E-state index in [0.717, 1.165) is 62.9 Å². The highest BCUT2D eigenvalue weighted by molar-refractivity contribution is 14.0. The molecule has 2 heterocycles. The molecular formula is C19H35IN4O3. The number of hydrogen-bond donors (Lipinski definition) is 2. The maximum atomic E-state index is 5.77. The summed E-state index contributed by atoms with van der Waals surface area (Å²) in [6.07, 6.45) is 3.91. The Kier molecular flexibility index (Phi) is 11.2. The topological polar surface area (TPSA) is 80.9 Å². The third-order valence-corrected chi connectivity index (χ3v) is 5.13. The van der Waals surface area contributed by atoms with Gasteiger partial charge in [0.25, 0.3) is 0 Å². The molecule has 156 valence electrons. The minimum Gasteiger partial charge on any atom is -0.381 e. The van der Waals surface area contributed by atoms with Crippen LogP contribution in [0.5, 0.6) is 0 Å². The second-order valence-corrected chi connectivity index (χ2v) is 6.78. The standard InChI is InChI=1S/C19H34N4O3.HI/c1-5-15(6-2)17-12-16(26-23-17)13-21-18(20-7-3)22-14-19(24-4)8-10-25-11-9-19;/h12,15H,5-11,13-14H2,1-4H3,(H2,20,21,22);1H. The van der Waals surface area contributed by atoms with Crippen LogP contribution in [0.25, 0.3) is 0 Å². The third kappa shape index (κ3) is 7.23. The zero-order valence-electron chi connectivity index (χ0n) is 17.0. The number of aliphatic imine (C=N–C) groups is 1. The summed E-state index contributed by atoms with van der Waals surface area (Å²) in [5.74, 6) is 2.01. The van der Waals surface area contributed by atoms with Crippen molar-refractivity contribution in [2.75, 3.05) is 33.4 Å². The maximum absolute atomic E-state index is 5.77. The first-order chi connectivity index (χ1) is 12.7. The Morgan fingerprint density at radius 3 is 2.56 bits per heavy atom. The lowest BCUT2D eigenvalue weighted by Crippen LogP contribution is -2.50. The summed E-state index contributed by atoms with van der Waals surface area (Å²) < 4.78 is 16.7. The average molecular weight is 494 g/mol. The van der Waals surface area contributed by atoms with Gasteiger partial charge in [-0.2, -0.15) is 0 Å². The highest BCUT2D eigenvalue weighted by Crippen LogP contribution is 2.24. The lowest BCUT2D eigenvalue weighted by atomic mass is 9.94. The number of hydrogen-bond acceptors (Lipinski definition) is 5. The molecule has 0 amide bonds. The largest absolute Gasteiger partial charge is 0.381 e. The van der Waals surface area contributed by atoms with Crippen LogP contribution in [0.2, 0.25) is 0 Å².